The van der Waals surface area contributed by atoms with Crippen LogP contribution in [-0.2, 0) is 17.6 Å². The van der Waals surface area contributed by atoms with Crippen molar-refractivity contribution in [1.82, 2.24) is 0 Å². The van der Waals surface area contributed by atoms with E-state index in [0.717, 1.165) is 35.3 Å². The van der Waals surface area contributed by atoms with E-state index in [1.807, 2.05) is 31.2 Å². The fourth-order valence-corrected chi connectivity index (χ4v) is 5.31. The third-order valence-corrected chi connectivity index (χ3v) is 6.71. The number of esters is 1. The van der Waals surface area contributed by atoms with Gasteiger partial charge in [0.05, 0.1) is 12.7 Å². The number of benzene rings is 2. The zero-order chi connectivity index (χ0) is 20.4. The van der Waals surface area contributed by atoms with Gasteiger partial charge in [0.25, 0.3) is 5.91 Å². The van der Waals surface area contributed by atoms with Crippen molar-refractivity contribution in [2.45, 2.75) is 32.1 Å². The monoisotopic (exact) mass is 405 g/mol. The van der Waals surface area contributed by atoms with E-state index in [4.69, 9.17) is 4.74 Å². The molecule has 2 aromatic carbocycles. The number of rotatable bonds is 4. The van der Waals surface area contributed by atoms with Crippen molar-refractivity contribution >= 4 is 28.2 Å². The molecule has 0 unspecified atom stereocenters. The predicted octanol–water partition coefficient (Wildman–Crippen LogP) is 5.37. The van der Waals surface area contributed by atoms with Crippen LogP contribution in [0.1, 0.15) is 54.6 Å². The molecule has 1 heterocycles. The third-order valence-electron chi connectivity index (χ3n) is 5.54. The minimum atomic E-state index is -0.388. The van der Waals surface area contributed by atoms with Crippen molar-refractivity contribution < 1.29 is 14.3 Å². The molecule has 0 saturated carbocycles. The fraction of sp³-hybridized carbons (Fsp3) is 0.250. The van der Waals surface area contributed by atoms with Gasteiger partial charge in [-0.2, -0.15) is 0 Å². The molecule has 0 spiro atoms. The van der Waals surface area contributed by atoms with Gasteiger partial charge in [-0.3, -0.25) is 4.79 Å². The average molecular weight is 406 g/mol. The quantitative estimate of drug-likeness (QED) is 0.594. The molecule has 1 aliphatic carbocycles. The lowest BCUT2D eigenvalue weighted by Gasteiger charge is -2.22. The minimum Gasteiger partial charge on any atom is -0.465 e. The molecule has 1 amide bonds. The van der Waals surface area contributed by atoms with Gasteiger partial charge in [0.2, 0.25) is 0 Å². The summed E-state index contributed by atoms with van der Waals surface area (Å²) in [6.45, 7) is 1.90. The van der Waals surface area contributed by atoms with Crippen LogP contribution in [0.4, 0.5) is 5.00 Å². The molecule has 0 saturated heterocycles. The van der Waals surface area contributed by atoms with E-state index in [-0.39, 0.29) is 11.9 Å². The Bertz CT molecular complexity index is 1060. The minimum absolute atomic E-state index is 0.202. The highest BCUT2D eigenvalue weighted by Crippen LogP contribution is 2.42. The SMILES string of the molecule is COC(=O)c1c(NC(=O)c2ccccc2C)sc2c1CC[C@H](c1ccccc1)C2. The number of fused-ring (bicyclic) bond motifs is 1. The summed E-state index contributed by atoms with van der Waals surface area (Å²) in [7, 11) is 1.38. The second-order valence-electron chi connectivity index (χ2n) is 7.32. The van der Waals surface area contributed by atoms with Crippen molar-refractivity contribution in [3.05, 3.63) is 87.3 Å². The zero-order valence-corrected chi connectivity index (χ0v) is 17.3. The maximum Gasteiger partial charge on any atom is 0.341 e. The first-order chi connectivity index (χ1) is 14.1. The number of anilines is 1. The Morgan fingerprint density at radius 3 is 2.52 bits per heavy atom. The molecule has 1 aromatic heterocycles. The van der Waals surface area contributed by atoms with Gasteiger partial charge in [0.15, 0.2) is 0 Å². The Morgan fingerprint density at radius 1 is 1.07 bits per heavy atom. The maximum atomic E-state index is 12.8. The molecule has 148 valence electrons. The molecular formula is C24H23NO3S. The van der Waals surface area contributed by atoms with Gasteiger partial charge in [0, 0.05) is 10.4 Å². The number of hydrogen-bond acceptors (Lipinski definition) is 4. The number of amides is 1. The molecule has 5 heteroatoms. The average Bonchev–Trinajstić information content (AvgIpc) is 3.11. The lowest BCUT2D eigenvalue weighted by molar-refractivity contribution is 0.0601. The summed E-state index contributed by atoms with van der Waals surface area (Å²) in [6.07, 6.45) is 2.65. The Kier molecular flexibility index (Phi) is 5.49. The molecule has 0 bridgehead atoms. The number of methoxy groups -OCH3 is 1. The van der Waals surface area contributed by atoms with Crippen LogP contribution in [0, 0.1) is 6.92 Å². The summed E-state index contributed by atoms with van der Waals surface area (Å²) in [5.74, 6) is -0.167. The van der Waals surface area contributed by atoms with Crippen LogP contribution >= 0.6 is 11.3 Å². The van der Waals surface area contributed by atoms with Gasteiger partial charge in [-0.05, 0) is 54.9 Å². The smallest absolute Gasteiger partial charge is 0.341 e. The second-order valence-corrected chi connectivity index (χ2v) is 8.42. The van der Waals surface area contributed by atoms with Crippen molar-refractivity contribution in [2.75, 3.05) is 12.4 Å². The molecule has 0 radical (unpaired) electrons. The highest BCUT2D eigenvalue weighted by Gasteiger charge is 2.30. The molecule has 0 aliphatic heterocycles. The van der Waals surface area contributed by atoms with Crippen LogP contribution in [0.25, 0.3) is 0 Å². The second kappa shape index (κ2) is 8.21. The van der Waals surface area contributed by atoms with Crippen LogP contribution in [0.2, 0.25) is 0 Å². The van der Waals surface area contributed by atoms with E-state index in [1.165, 1.54) is 24.0 Å². The summed E-state index contributed by atoms with van der Waals surface area (Å²) in [5.41, 5.74) is 4.36. The van der Waals surface area contributed by atoms with E-state index < -0.39 is 0 Å². The summed E-state index contributed by atoms with van der Waals surface area (Å²) in [4.78, 5) is 26.5. The topological polar surface area (TPSA) is 55.4 Å². The van der Waals surface area contributed by atoms with Crippen LogP contribution in [-0.4, -0.2) is 19.0 Å². The van der Waals surface area contributed by atoms with Gasteiger partial charge in [-0.25, -0.2) is 4.79 Å². The molecule has 1 atom stereocenters. The Balaban J connectivity index is 1.67. The summed E-state index contributed by atoms with van der Waals surface area (Å²) in [6, 6.07) is 17.9. The fourth-order valence-electron chi connectivity index (χ4n) is 4.00. The lowest BCUT2D eigenvalue weighted by atomic mass is 9.83. The van der Waals surface area contributed by atoms with Gasteiger partial charge < -0.3 is 10.1 Å². The normalized spacial score (nSPS) is 15.4. The van der Waals surface area contributed by atoms with E-state index in [0.29, 0.717) is 22.0 Å². The summed E-state index contributed by atoms with van der Waals surface area (Å²) < 4.78 is 5.04. The number of thiophene rings is 1. The number of aryl methyl sites for hydroxylation is 1. The predicted molar refractivity (Wildman–Crippen MR) is 116 cm³/mol. The number of carbonyl (C=O) groups is 2. The van der Waals surface area contributed by atoms with Crippen molar-refractivity contribution in [2.24, 2.45) is 0 Å². The highest BCUT2D eigenvalue weighted by atomic mass is 32.1. The molecule has 29 heavy (non-hydrogen) atoms. The van der Waals surface area contributed by atoms with Crippen molar-refractivity contribution in [3.63, 3.8) is 0 Å². The number of hydrogen-bond donors (Lipinski definition) is 1. The van der Waals surface area contributed by atoms with Crippen LogP contribution < -0.4 is 5.32 Å². The van der Waals surface area contributed by atoms with Crippen molar-refractivity contribution in [1.29, 1.82) is 0 Å². The Labute approximate surface area is 174 Å². The molecule has 4 rings (SSSR count). The van der Waals surface area contributed by atoms with E-state index in [9.17, 15) is 9.59 Å². The first-order valence-corrected chi connectivity index (χ1v) is 10.5. The molecule has 0 fully saturated rings. The Morgan fingerprint density at radius 2 is 1.79 bits per heavy atom. The van der Waals surface area contributed by atoms with Crippen LogP contribution in [0.3, 0.4) is 0 Å². The molecular weight excluding hydrogens is 382 g/mol. The largest absolute Gasteiger partial charge is 0.465 e. The Hall–Kier alpha value is -2.92. The zero-order valence-electron chi connectivity index (χ0n) is 16.5. The standard InChI is InChI=1S/C24H23NO3S/c1-15-8-6-7-11-18(15)22(26)25-23-21(24(27)28-2)19-13-12-17(14-20(19)29-23)16-9-4-3-5-10-16/h3-11,17H,12-14H2,1-2H3,(H,25,26)/t17-/m0/s1. The van der Waals surface area contributed by atoms with Crippen LogP contribution in [0.5, 0.6) is 0 Å². The number of nitrogens with one attached hydrogen (secondary N) is 1. The third kappa shape index (κ3) is 3.83. The van der Waals surface area contributed by atoms with Gasteiger partial charge in [0.1, 0.15) is 5.00 Å². The maximum absolute atomic E-state index is 12.8. The molecule has 4 nitrogen and oxygen atoms in total. The van der Waals surface area contributed by atoms with E-state index >= 15 is 0 Å². The molecule has 1 aliphatic rings. The molecule has 3 aromatic rings. The highest BCUT2D eigenvalue weighted by molar-refractivity contribution is 7.17. The first kappa shape index (κ1) is 19.4. The summed E-state index contributed by atoms with van der Waals surface area (Å²) >= 11 is 1.50. The lowest BCUT2D eigenvalue weighted by Crippen LogP contribution is -2.16. The van der Waals surface area contributed by atoms with Gasteiger partial charge in [-0.1, -0.05) is 48.5 Å². The van der Waals surface area contributed by atoms with E-state index in [2.05, 4.69) is 29.6 Å². The van der Waals surface area contributed by atoms with Gasteiger partial charge >= 0.3 is 5.97 Å². The molecule has 1 N–H and O–H groups in total. The van der Waals surface area contributed by atoms with Crippen molar-refractivity contribution in [3.8, 4) is 0 Å². The van der Waals surface area contributed by atoms with E-state index in [1.54, 1.807) is 6.07 Å². The number of ether oxygens (including phenoxy) is 1. The van der Waals surface area contributed by atoms with Gasteiger partial charge in [-0.15, -0.1) is 11.3 Å². The first-order valence-electron chi connectivity index (χ1n) is 9.73. The number of carbonyl (C=O) groups excluding carboxylic acids is 2. The van der Waals surface area contributed by atoms with Crippen LogP contribution in [0.15, 0.2) is 54.6 Å². The summed E-state index contributed by atoms with van der Waals surface area (Å²) in [5, 5.41) is 3.56.